The minimum atomic E-state index is -0.592. The molecule has 0 aliphatic heterocycles. The van der Waals surface area contributed by atoms with Crippen LogP contribution in [0.1, 0.15) is 18.4 Å². The number of hydrogen-bond acceptors (Lipinski definition) is 6. The lowest BCUT2D eigenvalue weighted by Gasteiger charge is -2.04. The summed E-state index contributed by atoms with van der Waals surface area (Å²) in [6.07, 6.45) is 6.29. The molecule has 1 aliphatic carbocycles. The average Bonchev–Trinajstić information content (AvgIpc) is 3.43. The quantitative estimate of drug-likeness (QED) is 0.562. The highest BCUT2D eigenvalue weighted by Crippen LogP contribution is 2.23. The lowest BCUT2D eigenvalue weighted by molar-refractivity contribution is -0.139. The predicted octanol–water partition coefficient (Wildman–Crippen LogP) is 1.73. The van der Waals surface area contributed by atoms with E-state index >= 15 is 0 Å². The molecule has 1 aliphatic rings. The standard InChI is InChI=1S/C19H19NO6/c1-25-18(23)10-6-15(21)12-13-2-4-14(5-3-13)20-17(22)9-11-19(24)26-16-7-8-16/h2-6,9-11,16H,7-8,12H2,1H3,(H,20,22)/b10-6-,11-9-. The number of carbonyl (C=O) groups excluding carboxylic acids is 4. The highest BCUT2D eigenvalue weighted by molar-refractivity contribution is 6.02. The molecule has 1 fully saturated rings. The van der Waals surface area contributed by atoms with Gasteiger partial charge in [-0.1, -0.05) is 12.1 Å². The van der Waals surface area contributed by atoms with Crippen LogP contribution < -0.4 is 5.32 Å². The molecule has 0 atom stereocenters. The van der Waals surface area contributed by atoms with Gasteiger partial charge in [0.2, 0.25) is 5.91 Å². The molecule has 7 heteroatoms. The van der Waals surface area contributed by atoms with E-state index in [4.69, 9.17) is 4.74 Å². The number of esters is 2. The first-order chi connectivity index (χ1) is 12.5. The Morgan fingerprint density at radius 2 is 1.65 bits per heavy atom. The fraction of sp³-hybridized carbons (Fsp3) is 0.263. The van der Waals surface area contributed by atoms with Gasteiger partial charge in [0.1, 0.15) is 6.10 Å². The molecule has 0 spiro atoms. The van der Waals surface area contributed by atoms with E-state index in [1.807, 2.05) is 0 Å². The zero-order valence-electron chi connectivity index (χ0n) is 14.3. The van der Waals surface area contributed by atoms with E-state index in [0.717, 1.165) is 42.7 Å². The monoisotopic (exact) mass is 357 g/mol. The maximum Gasteiger partial charge on any atom is 0.331 e. The predicted molar refractivity (Wildman–Crippen MR) is 93.2 cm³/mol. The van der Waals surface area contributed by atoms with Crippen molar-refractivity contribution in [1.29, 1.82) is 0 Å². The number of amides is 1. The van der Waals surface area contributed by atoms with Crippen molar-refractivity contribution in [3.05, 3.63) is 54.1 Å². The Hall–Kier alpha value is -3.22. The minimum absolute atomic E-state index is 0.00655. The van der Waals surface area contributed by atoms with E-state index in [9.17, 15) is 19.2 Å². The van der Waals surface area contributed by atoms with Crippen molar-refractivity contribution >= 4 is 29.3 Å². The summed E-state index contributed by atoms with van der Waals surface area (Å²) in [7, 11) is 1.23. The number of benzene rings is 1. The van der Waals surface area contributed by atoms with Crippen LogP contribution in [0.15, 0.2) is 48.6 Å². The molecule has 136 valence electrons. The summed E-state index contributed by atoms with van der Waals surface area (Å²) < 4.78 is 9.39. The number of anilines is 1. The minimum Gasteiger partial charge on any atom is -0.466 e. The first-order valence-electron chi connectivity index (χ1n) is 8.04. The molecule has 1 saturated carbocycles. The first-order valence-corrected chi connectivity index (χ1v) is 8.04. The molecular formula is C19H19NO6. The van der Waals surface area contributed by atoms with E-state index in [1.165, 1.54) is 7.11 Å². The molecule has 1 N–H and O–H groups in total. The Kier molecular flexibility index (Phi) is 6.84. The maximum absolute atomic E-state index is 11.7. The summed E-state index contributed by atoms with van der Waals surface area (Å²) in [4.78, 5) is 45.7. The maximum atomic E-state index is 11.7. The van der Waals surface area contributed by atoms with Gasteiger partial charge in [-0.3, -0.25) is 9.59 Å². The van der Waals surface area contributed by atoms with Gasteiger partial charge >= 0.3 is 11.9 Å². The van der Waals surface area contributed by atoms with Gasteiger partial charge in [0.25, 0.3) is 0 Å². The number of ketones is 1. The van der Waals surface area contributed by atoms with Crippen molar-refractivity contribution in [3.8, 4) is 0 Å². The van der Waals surface area contributed by atoms with Crippen molar-refractivity contribution in [2.24, 2.45) is 0 Å². The van der Waals surface area contributed by atoms with Gasteiger partial charge in [0, 0.05) is 30.3 Å². The zero-order chi connectivity index (χ0) is 18.9. The molecule has 0 saturated heterocycles. The third kappa shape index (κ3) is 7.12. The third-order valence-corrected chi connectivity index (χ3v) is 3.38. The van der Waals surface area contributed by atoms with E-state index in [1.54, 1.807) is 24.3 Å². The Morgan fingerprint density at radius 1 is 1.00 bits per heavy atom. The van der Waals surface area contributed by atoms with E-state index in [2.05, 4.69) is 10.1 Å². The van der Waals surface area contributed by atoms with Gasteiger partial charge in [-0.2, -0.15) is 0 Å². The Labute approximate surface area is 150 Å². The topological polar surface area (TPSA) is 98.8 Å². The van der Waals surface area contributed by atoms with Gasteiger partial charge in [-0.05, 0) is 36.6 Å². The van der Waals surface area contributed by atoms with Crippen LogP contribution in [0, 0.1) is 0 Å². The van der Waals surface area contributed by atoms with Crippen molar-refractivity contribution in [3.63, 3.8) is 0 Å². The Balaban J connectivity index is 1.80. The molecule has 26 heavy (non-hydrogen) atoms. The van der Waals surface area contributed by atoms with Crippen LogP contribution in [0.4, 0.5) is 5.69 Å². The van der Waals surface area contributed by atoms with Gasteiger partial charge in [0.05, 0.1) is 7.11 Å². The second-order valence-electron chi connectivity index (χ2n) is 5.66. The fourth-order valence-electron chi connectivity index (χ4n) is 1.91. The van der Waals surface area contributed by atoms with Crippen LogP contribution in [-0.2, 0) is 35.1 Å². The summed E-state index contributed by atoms with van der Waals surface area (Å²) in [6.45, 7) is 0. The smallest absolute Gasteiger partial charge is 0.331 e. The fourth-order valence-corrected chi connectivity index (χ4v) is 1.91. The van der Waals surface area contributed by atoms with Crippen molar-refractivity contribution in [1.82, 2.24) is 0 Å². The van der Waals surface area contributed by atoms with Crippen molar-refractivity contribution in [2.75, 3.05) is 12.4 Å². The number of rotatable bonds is 8. The molecule has 1 aromatic rings. The number of methoxy groups -OCH3 is 1. The lowest BCUT2D eigenvalue weighted by atomic mass is 10.1. The third-order valence-electron chi connectivity index (χ3n) is 3.38. The van der Waals surface area contributed by atoms with E-state index in [0.29, 0.717) is 5.69 Å². The molecule has 2 rings (SSSR count). The summed E-state index contributed by atoms with van der Waals surface area (Å²) >= 11 is 0. The number of nitrogens with one attached hydrogen (secondary N) is 1. The molecule has 7 nitrogen and oxygen atoms in total. The Bertz CT molecular complexity index is 744. The largest absolute Gasteiger partial charge is 0.466 e. The average molecular weight is 357 g/mol. The molecule has 1 amide bonds. The zero-order valence-corrected chi connectivity index (χ0v) is 14.3. The van der Waals surface area contributed by atoms with Gasteiger partial charge in [-0.15, -0.1) is 0 Å². The second-order valence-corrected chi connectivity index (χ2v) is 5.66. The van der Waals surface area contributed by atoms with Crippen LogP contribution >= 0.6 is 0 Å². The molecule has 1 aromatic carbocycles. The first kappa shape index (κ1) is 19.1. The van der Waals surface area contributed by atoms with Crippen LogP contribution in [0.5, 0.6) is 0 Å². The second kappa shape index (κ2) is 9.31. The van der Waals surface area contributed by atoms with Gasteiger partial charge in [0.15, 0.2) is 5.78 Å². The van der Waals surface area contributed by atoms with Crippen LogP contribution in [0.3, 0.4) is 0 Å². The Morgan fingerprint density at radius 3 is 2.27 bits per heavy atom. The molecule has 0 unspecified atom stereocenters. The van der Waals surface area contributed by atoms with Crippen LogP contribution in [0.25, 0.3) is 0 Å². The number of hydrogen-bond donors (Lipinski definition) is 1. The van der Waals surface area contributed by atoms with E-state index in [-0.39, 0.29) is 18.3 Å². The number of allylic oxidation sites excluding steroid dienone is 1. The van der Waals surface area contributed by atoms with E-state index < -0.39 is 17.8 Å². The SMILES string of the molecule is COC(=O)/C=C\C(=O)Cc1ccc(NC(=O)/C=C\C(=O)OC2CC2)cc1. The molecular weight excluding hydrogens is 338 g/mol. The van der Waals surface area contributed by atoms with Gasteiger partial charge in [-0.25, -0.2) is 9.59 Å². The summed E-state index contributed by atoms with van der Waals surface area (Å²) in [5.41, 5.74) is 1.25. The van der Waals surface area contributed by atoms with Crippen molar-refractivity contribution < 1.29 is 28.7 Å². The summed E-state index contributed by atoms with van der Waals surface area (Å²) in [5.74, 6) is -1.83. The number of carbonyl (C=O) groups is 4. The van der Waals surface area contributed by atoms with Gasteiger partial charge < -0.3 is 14.8 Å². The highest BCUT2D eigenvalue weighted by Gasteiger charge is 2.24. The lowest BCUT2D eigenvalue weighted by Crippen LogP contribution is -2.10. The summed E-state index contributed by atoms with van der Waals surface area (Å²) in [6, 6.07) is 6.65. The highest BCUT2D eigenvalue weighted by atomic mass is 16.5. The molecule has 0 aromatic heterocycles. The molecule has 0 bridgehead atoms. The van der Waals surface area contributed by atoms with Crippen LogP contribution in [-0.4, -0.2) is 36.8 Å². The molecule has 0 heterocycles. The number of ether oxygens (including phenoxy) is 2. The normalized spacial score (nSPS) is 13.6. The summed E-state index contributed by atoms with van der Waals surface area (Å²) in [5, 5.41) is 2.60. The van der Waals surface area contributed by atoms with Crippen LogP contribution in [0.2, 0.25) is 0 Å². The van der Waals surface area contributed by atoms with Crippen molar-refractivity contribution in [2.45, 2.75) is 25.4 Å². The molecule has 0 radical (unpaired) electrons.